The number of fused-ring (bicyclic) bond motifs is 2. The Balaban J connectivity index is 1.19. The average Bonchev–Trinajstić information content (AvgIpc) is 3.12. The summed E-state index contributed by atoms with van der Waals surface area (Å²) in [7, 11) is 0. The highest BCUT2D eigenvalue weighted by Crippen LogP contribution is 2.30. The molecule has 3 heterocycles. The molecular weight excluding hydrogens is 516 g/mol. The Morgan fingerprint density at radius 3 is 2.44 bits per heavy atom. The van der Waals surface area contributed by atoms with Crippen molar-refractivity contribution in [1.29, 1.82) is 0 Å². The number of hydrogen-bond donors (Lipinski definition) is 2. The molecule has 0 aliphatic carbocycles. The van der Waals surface area contributed by atoms with Gasteiger partial charge in [0.15, 0.2) is 0 Å². The molecule has 3 aromatic carbocycles. The number of hydrogen-bond acceptors (Lipinski definition) is 4. The van der Waals surface area contributed by atoms with Crippen LogP contribution in [-0.4, -0.2) is 65.3 Å². The summed E-state index contributed by atoms with van der Waals surface area (Å²) in [6.07, 6.45) is 1.03. The number of benzene rings is 3. The highest BCUT2D eigenvalue weighted by molar-refractivity contribution is 6.20. The number of amides is 5. The van der Waals surface area contributed by atoms with Gasteiger partial charge in [-0.15, -0.1) is 0 Å². The van der Waals surface area contributed by atoms with Crippen molar-refractivity contribution in [3.05, 3.63) is 95.6 Å². The highest BCUT2D eigenvalue weighted by atomic mass is 16.2. The Morgan fingerprint density at radius 1 is 0.951 bits per heavy atom. The van der Waals surface area contributed by atoms with E-state index in [9.17, 15) is 14.4 Å². The summed E-state index contributed by atoms with van der Waals surface area (Å²) < 4.78 is 0. The quantitative estimate of drug-likeness (QED) is 0.476. The van der Waals surface area contributed by atoms with Crippen LogP contribution < -0.4 is 15.5 Å². The molecule has 3 aromatic rings. The van der Waals surface area contributed by atoms with Gasteiger partial charge in [-0.1, -0.05) is 73.7 Å². The van der Waals surface area contributed by atoms with Gasteiger partial charge in [-0.05, 0) is 37.0 Å². The summed E-state index contributed by atoms with van der Waals surface area (Å²) in [5, 5.41) is 5.92. The number of aliphatic imine (C=N–C) groups is 1. The van der Waals surface area contributed by atoms with Gasteiger partial charge in [0.05, 0.1) is 11.4 Å². The number of anilines is 2. The minimum absolute atomic E-state index is 0.0316. The van der Waals surface area contributed by atoms with E-state index in [-0.39, 0.29) is 24.0 Å². The third kappa shape index (κ3) is 5.27. The van der Waals surface area contributed by atoms with Crippen LogP contribution in [0.2, 0.25) is 0 Å². The normalized spacial score (nSPS) is 19.1. The molecule has 1 fully saturated rings. The Kier molecular flexibility index (Phi) is 7.41. The molecule has 9 heteroatoms. The first-order valence-electron chi connectivity index (χ1n) is 14.3. The zero-order valence-corrected chi connectivity index (χ0v) is 23.1. The van der Waals surface area contributed by atoms with Crippen LogP contribution in [0.15, 0.2) is 83.9 Å². The van der Waals surface area contributed by atoms with Crippen LogP contribution in [0.5, 0.6) is 0 Å². The Bertz CT molecular complexity index is 1480. The summed E-state index contributed by atoms with van der Waals surface area (Å²) in [5.41, 5.74) is 5.15. The van der Waals surface area contributed by atoms with Crippen molar-refractivity contribution in [2.24, 2.45) is 4.99 Å². The van der Waals surface area contributed by atoms with Crippen molar-refractivity contribution in [3.63, 3.8) is 0 Å². The average molecular weight is 551 g/mol. The van der Waals surface area contributed by atoms with Gasteiger partial charge in [0.25, 0.3) is 5.91 Å². The van der Waals surface area contributed by atoms with Crippen molar-refractivity contribution >= 4 is 35.1 Å². The standard InChI is InChI=1S/C32H34N6O3/c1-2-18-37-27-15-9-7-13-25(27)28(22-10-4-3-5-11-22)34-29(30(37)39)35-31(40)36-19-16-24(17-20-36)38-21-23-12-6-8-14-26(23)33-32(38)41/h3-15,24,29H,2,16-21H2,1H3,(H,33,41)(H,35,40). The SMILES string of the molecule is CCCN1C(=O)C(NC(=O)N2CCC(N3Cc4ccccc4NC3=O)CC2)N=C(c2ccccc2)c2ccccc21. The molecular formula is C32H34N6O3. The molecule has 0 spiro atoms. The topological polar surface area (TPSA) is 97.4 Å². The van der Waals surface area contributed by atoms with E-state index in [4.69, 9.17) is 4.99 Å². The molecule has 1 unspecified atom stereocenters. The largest absolute Gasteiger partial charge is 0.325 e. The number of carbonyl (C=O) groups is 3. The van der Waals surface area contributed by atoms with Gasteiger partial charge in [0.2, 0.25) is 6.17 Å². The van der Waals surface area contributed by atoms with E-state index < -0.39 is 6.17 Å². The van der Waals surface area contributed by atoms with E-state index in [0.29, 0.717) is 44.7 Å². The van der Waals surface area contributed by atoms with Crippen LogP contribution in [-0.2, 0) is 11.3 Å². The number of urea groups is 2. The first-order chi connectivity index (χ1) is 20.0. The van der Waals surface area contributed by atoms with Crippen molar-refractivity contribution in [1.82, 2.24) is 15.1 Å². The predicted octanol–water partition coefficient (Wildman–Crippen LogP) is 4.83. The molecule has 5 amide bonds. The molecule has 0 aromatic heterocycles. The second kappa shape index (κ2) is 11.4. The third-order valence-corrected chi connectivity index (χ3v) is 8.02. The van der Waals surface area contributed by atoms with E-state index in [1.807, 2.05) is 90.7 Å². The second-order valence-electron chi connectivity index (χ2n) is 10.6. The van der Waals surface area contributed by atoms with Crippen molar-refractivity contribution in [2.75, 3.05) is 29.9 Å². The Hall–Kier alpha value is -4.66. The van der Waals surface area contributed by atoms with Gasteiger partial charge in [-0.25, -0.2) is 14.6 Å². The van der Waals surface area contributed by atoms with Gasteiger partial charge in [0, 0.05) is 49.0 Å². The molecule has 0 bridgehead atoms. The van der Waals surface area contributed by atoms with E-state index in [0.717, 1.165) is 34.5 Å². The second-order valence-corrected chi connectivity index (χ2v) is 10.6. The summed E-state index contributed by atoms with van der Waals surface area (Å²) in [6.45, 7) is 4.07. The first kappa shape index (κ1) is 26.6. The molecule has 9 nitrogen and oxygen atoms in total. The van der Waals surface area contributed by atoms with Gasteiger partial charge in [0.1, 0.15) is 0 Å². The van der Waals surface area contributed by atoms with Crippen LogP contribution in [0.4, 0.5) is 21.0 Å². The maximum Gasteiger partial charge on any atom is 0.322 e. The van der Waals surface area contributed by atoms with Crippen LogP contribution in [0.25, 0.3) is 0 Å². The first-order valence-corrected chi connectivity index (χ1v) is 14.3. The summed E-state index contributed by atoms with van der Waals surface area (Å²) >= 11 is 0. The number of nitrogens with one attached hydrogen (secondary N) is 2. The molecule has 41 heavy (non-hydrogen) atoms. The van der Waals surface area contributed by atoms with Crippen LogP contribution in [0, 0.1) is 0 Å². The predicted molar refractivity (Wildman–Crippen MR) is 159 cm³/mol. The lowest BCUT2D eigenvalue weighted by atomic mass is 10.0. The van der Waals surface area contributed by atoms with Crippen molar-refractivity contribution in [3.8, 4) is 0 Å². The van der Waals surface area contributed by atoms with E-state index in [2.05, 4.69) is 10.6 Å². The number of nitrogens with zero attached hydrogens (tertiary/aromatic N) is 4. The lowest BCUT2D eigenvalue weighted by Gasteiger charge is -2.40. The maximum absolute atomic E-state index is 13.8. The smallest absolute Gasteiger partial charge is 0.322 e. The summed E-state index contributed by atoms with van der Waals surface area (Å²) in [5.74, 6) is -0.253. The van der Waals surface area contributed by atoms with Gasteiger partial charge in [-0.2, -0.15) is 0 Å². The lowest BCUT2D eigenvalue weighted by molar-refractivity contribution is -0.120. The molecule has 3 aliphatic heterocycles. The highest BCUT2D eigenvalue weighted by Gasteiger charge is 2.36. The van der Waals surface area contributed by atoms with Crippen LogP contribution in [0.1, 0.15) is 42.9 Å². The number of carbonyl (C=O) groups excluding carboxylic acids is 3. The lowest BCUT2D eigenvalue weighted by Crippen LogP contribution is -2.55. The van der Waals surface area contributed by atoms with Crippen molar-refractivity contribution in [2.45, 2.75) is 44.9 Å². The zero-order chi connectivity index (χ0) is 28.3. The number of rotatable bonds is 5. The minimum atomic E-state index is -1.06. The Labute approximate surface area is 239 Å². The molecule has 0 radical (unpaired) electrons. The molecule has 1 saturated heterocycles. The Morgan fingerprint density at radius 2 is 1.66 bits per heavy atom. The molecule has 3 aliphatic rings. The monoisotopic (exact) mass is 550 g/mol. The van der Waals surface area contributed by atoms with Gasteiger partial charge in [-0.3, -0.25) is 4.79 Å². The fraction of sp³-hybridized carbons (Fsp3) is 0.312. The zero-order valence-electron chi connectivity index (χ0n) is 23.1. The summed E-state index contributed by atoms with van der Waals surface area (Å²) in [4.78, 5) is 50.3. The third-order valence-electron chi connectivity index (χ3n) is 8.02. The fourth-order valence-electron chi connectivity index (χ4n) is 5.91. The molecule has 210 valence electrons. The van der Waals surface area contributed by atoms with E-state index >= 15 is 0 Å². The number of para-hydroxylation sites is 2. The molecule has 0 saturated carbocycles. The maximum atomic E-state index is 13.8. The number of benzodiazepines with no additional fused rings is 1. The van der Waals surface area contributed by atoms with Gasteiger partial charge >= 0.3 is 12.1 Å². The summed E-state index contributed by atoms with van der Waals surface area (Å²) in [6, 6.07) is 25.0. The van der Waals surface area contributed by atoms with Gasteiger partial charge < -0.3 is 25.3 Å². The van der Waals surface area contributed by atoms with E-state index in [1.54, 1.807) is 9.80 Å². The van der Waals surface area contributed by atoms with Crippen molar-refractivity contribution < 1.29 is 14.4 Å². The molecule has 1 atom stereocenters. The number of piperidine rings is 1. The van der Waals surface area contributed by atoms with Crippen LogP contribution >= 0.6 is 0 Å². The fourth-order valence-corrected chi connectivity index (χ4v) is 5.91. The van der Waals surface area contributed by atoms with E-state index in [1.165, 1.54) is 0 Å². The molecule has 2 N–H and O–H groups in total. The van der Waals surface area contributed by atoms with Crippen LogP contribution in [0.3, 0.4) is 0 Å². The number of likely N-dealkylation sites (tertiary alicyclic amines) is 1. The minimum Gasteiger partial charge on any atom is -0.325 e. The molecule has 6 rings (SSSR count).